The van der Waals surface area contributed by atoms with Gasteiger partial charge in [-0.25, -0.2) is 0 Å². The van der Waals surface area contributed by atoms with Gasteiger partial charge in [-0.3, -0.25) is 4.79 Å². The molecule has 0 amide bonds. The number of benzene rings is 2. The van der Waals surface area contributed by atoms with Crippen molar-refractivity contribution < 1.29 is 17.6 Å². The third kappa shape index (κ3) is 2.34. The summed E-state index contributed by atoms with van der Waals surface area (Å²) in [5.41, 5.74) is -0.835. The molecule has 1 aromatic heterocycles. The van der Waals surface area contributed by atoms with Crippen LogP contribution in [0.25, 0.3) is 33.9 Å². The molecule has 5 heteroatoms. The number of rotatable bonds is 2. The van der Waals surface area contributed by atoms with E-state index in [2.05, 4.69) is 13.2 Å². The molecule has 0 bridgehead atoms. The highest BCUT2D eigenvalue weighted by atomic mass is 19.4. The Morgan fingerprint density at radius 2 is 1.78 bits per heavy atom. The normalized spacial score (nSPS) is 11.8. The van der Waals surface area contributed by atoms with Crippen molar-refractivity contribution in [2.75, 3.05) is 0 Å². The summed E-state index contributed by atoms with van der Waals surface area (Å²) >= 11 is 0. The lowest BCUT2D eigenvalue weighted by molar-refractivity contribution is -0.136. The lowest BCUT2D eigenvalue weighted by Crippen LogP contribution is -2.09. The standard InChI is InChI=1S/C18H11F3O2/c1-3-11-15(4-2)23-16-8-10-6-5-7-14(18(19,20)21)12(10)9-13(16)17(11)22/h3-9H,1-2H2. The second kappa shape index (κ2) is 5.12. The molecule has 0 radical (unpaired) electrons. The highest BCUT2D eigenvalue weighted by Gasteiger charge is 2.32. The zero-order valence-electron chi connectivity index (χ0n) is 11.9. The van der Waals surface area contributed by atoms with Crippen molar-refractivity contribution >= 4 is 33.9 Å². The maximum absolute atomic E-state index is 13.2. The largest absolute Gasteiger partial charge is 0.456 e. The van der Waals surface area contributed by atoms with E-state index in [0.29, 0.717) is 5.39 Å². The van der Waals surface area contributed by atoms with Crippen molar-refractivity contribution in [1.82, 2.24) is 0 Å². The molecule has 0 atom stereocenters. The van der Waals surface area contributed by atoms with Gasteiger partial charge in [-0.2, -0.15) is 13.2 Å². The highest BCUT2D eigenvalue weighted by Crippen LogP contribution is 2.36. The van der Waals surface area contributed by atoms with Gasteiger partial charge in [-0.15, -0.1) is 0 Å². The second-order valence-electron chi connectivity index (χ2n) is 4.99. The van der Waals surface area contributed by atoms with E-state index in [9.17, 15) is 18.0 Å². The van der Waals surface area contributed by atoms with Gasteiger partial charge < -0.3 is 4.42 Å². The van der Waals surface area contributed by atoms with Crippen molar-refractivity contribution in [3.8, 4) is 0 Å². The first-order valence-electron chi connectivity index (χ1n) is 6.72. The number of hydrogen-bond donors (Lipinski definition) is 0. The Labute approximate surface area is 129 Å². The van der Waals surface area contributed by atoms with Crippen LogP contribution in [0.1, 0.15) is 16.9 Å². The van der Waals surface area contributed by atoms with Crippen LogP contribution in [0.15, 0.2) is 52.7 Å². The molecule has 0 fully saturated rings. The Bertz CT molecular complexity index is 1010. The number of alkyl halides is 3. The molecule has 0 aliphatic heterocycles. The smallest absolute Gasteiger partial charge is 0.417 e. The third-order valence-corrected chi connectivity index (χ3v) is 3.65. The molecule has 0 aliphatic carbocycles. The fourth-order valence-electron chi connectivity index (χ4n) is 2.59. The first-order chi connectivity index (χ1) is 10.9. The number of hydrogen-bond acceptors (Lipinski definition) is 2. The summed E-state index contributed by atoms with van der Waals surface area (Å²) in [6.45, 7) is 7.11. The van der Waals surface area contributed by atoms with E-state index < -0.39 is 17.2 Å². The van der Waals surface area contributed by atoms with Crippen LogP contribution in [0.2, 0.25) is 0 Å². The van der Waals surface area contributed by atoms with E-state index in [1.54, 1.807) is 6.07 Å². The Morgan fingerprint density at radius 1 is 1.04 bits per heavy atom. The van der Waals surface area contributed by atoms with Crippen molar-refractivity contribution in [1.29, 1.82) is 0 Å². The Kier molecular flexibility index (Phi) is 3.36. The van der Waals surface area contributed by atoms with Crippen molar-refractivity contribution in [3.63, 3.8) is 0 Å². The minimum absolute atomic E-state index is 0.0406. The van der Waals surface area contributed by atoms with Gasteiger partial charge in [0.1, 0.15) is 11.3 Å². The van der Waals surface area contributed by atoms with E-state index in [0.717, 1.165) is 6.07 Å². The molecule has 3 aromatic rings. The van der Waals surface area contributed by atoms with E-state index in [4.69, 9.17) is 4.42 Å². The Hall–Kier alpha value is -2.82. The predicted octanol–water partition coefficient (Wildman–Crippen LogP) is 5.25. The zero-order valence-corrected chi connectivity index (χ0v) is 11.9. The number of fused-ring (bicyclic) bond motifs is 2. The van der Waals surface area contributed by atoms with E-state index in [1.807, 2.05) is 0 Å². The molecule has 0 saturated heterocycles. The summed E-state index contributed by atoms with van der Waals surface area (Å²) in [6.07, 6.45) is -1.83. The summed E-state index contributed by atoms with van der Waals surface area (Å²) < 4.78 is 45.0. The van der Waals surface area contributed by atoms with Gasteiger partial charge in [-0.1, -0.05) is 31.4 Å². The minimum atomic E-state index is -4.50. The van der Waals surface area contributed by atoms with E-state index in [1.165, 1.54) is 30.4 Å². The average molecular weight is 316 g/mol. The van der Waals surface area contributed by atoms with Gasteiger partial charge in [0, 0.05) is 0 Å². The van der Waals surface area contributed by atoms with Crippen LogP contribution < -0.4 is 5.43 Å². The Balaban J connectivity index is 2.51. The van der Waals surface area contributed by atoms with Gasteiger partial charge in [0.25, 0.3) is 0 Å². The minimum Gasteiger partial charge on any atom is -0.456 e. The molecule has 1 heterocycles. The van der Waals surface area contributed by atoms with Gasteiger partial charge >= 0.3 is 6.18 Å². The van der Waals surface area contributed by atoms with Crippen molar-refractivity contribution in [2.24, 2.45) is 0 Å². The fraction of sp³-hybridized carbons (Fsp3) is 0.0556. The molecular weight excluding hydrogens is 305 g/mol. The predicted molar refractivity (Wildman–Crippen MR) is 85.2 cm³/mol. The lowest BCUT2D eigenvalue weighted by Gasteiger charge is -2.11. The maximum atomic E-state index is 13.2. The van der Waals surface area contributed by atoms with Crippen LogP contribution in [0.5, 0.6) is 0 Å². The van der Waals surface area contributed by atoms with Crippen LogP contribution in [0.4, 0.5) is 13.2 Å². The Morgan fingerprint density at radius 3 is 2.39 bits per heavy atom. The van der Waals surface area contributed by atoms with Crippen LogP contribution in [-0.4, -0.2) is 0 Å². The molecule has 0 aliphatic rings. The summed E-state index contributed by atoms with van der Waals surface area (Å²) in [6, 6.07) is 6.50. The lowest BCUT2D eigenvalue weighted by atomic mass is 10.0. The topological polar surface area (TPSA) is 30.2 Å². The van der Waals surface area contributed by atoms with Crippen LogP contribution in [-0.2, 0) is 6.18 Å². The summed E-state index contributed by atoms with van der Waals surface area (Å²) in [5, 5.41) is 0.382. The van der Waals surface area contributed by atoms with Gasteiger partial charge in [-0.05, 0) is 35.0 Å². The monoisotopic (exact) mass is 316 g/mol. The van der Waals surface area contributed by atoms with E-state index in [-0.39, 0.29) is 27.7 Å². The van der Waals surface area contributed by atoms with Crippen molar-refractivity contribution in [2.45, 2.75) is 6.18 Å². The number of halogens is 3. The summed E-state index contributed by atoms with van der Waals surface area (Å²) in [4.78, 5) is 12.5. The summed E-state index contributed by atoms with van der Waals surface area (Å²) in [5.74, 6) is 0.240. The third-order valence-electron chi connectivity index (χ3n) is 3.65. The molecule has 116 valence electrons. The maximum Gasteiger partial charge on any atom is 0.417 e. The fourth-order valence-corrected chi connectivity index (χ4v) is 2.59. The molecule has 0 saturated carbocycles. The highest BCUT2D eigenvalue weighted by molar-refractivity contribution is 5.98. The van der Waals surface area contributed by atoms with E-state index >= 15 is 0 Å². The van der Waals surface area contributed by atoms with Crippen LogP contribution in [0, 0.1) is 0 Å². The molecule has 2 nitrogen and oxygen atoms in total. The first kappa shape index (κ1) is 15.1. The van der Waals surface area contributed by atoms with Crippen LogP contribution in [0.3, 0.4) is 0 Å². The molecule has 2 aromatic carbocycles. The van der Waals surface area contributed by atoms with Gasteiger partial charge in [0.2, 0.25) is 5.43 Å². The molecule has 0 unspecified atom stereocenters. The SMILES string of the molecule is C=Cc1oc2cc3cccc(C(F)(F)F)c3cc2c(=O)c1C=C. The molecule has 3 rings (SSSR count). The second-order valence-corrected chi connectivity index (χ2v) is 4.99. The quantitative estimate of drug-likeness (QED) is 0.604. The van der Waals surface area contributed by atoms with Crippen LogP contribution >= 0.6 is 0 Å². The average Bonchev–Trinajstić information content (AvgIpc) is 2.51. The van der Waals surface area contributed by atoms with Gasteiger partial charge in [0.05, 0.1) is 16.5 Å². The molecular formula is C18H11F3O2. The first-order valence-corrected chi connectivity index (χ1v) is 6.72. The van der Waals surface area contributed by atoms with Crippen molar-refractivity contribution in [3.05, 3.63) is 70.6 Å². The summed E-state index contributed by atoms with van der Waals surface area (Å²) in [7, 11) is 0. The zero-order chi connectivity index (χ0) is 16.8. The molecule has 23 heavy (non-hydrogen) atoms. The molecule has 0 N–H and O–H groups in total. The van der Waals surface area contributed by atoms with Gasteiger partial charge in [0.15, 0.2) is 0 Å². The molecule has 0 spiro atoms.